The maximum absolute atomic E-state index is 12.8. The molecule has 0 aliphatic heterocycles. The molecule has 0 bridgehead atoms. The van der Waals surface area contributed by atoms with E-state index in [0.717, 1.165) is 5.56 Å². The summed E-state index contributed by atoms with van der Waals surface area (Å²) in [4.78, 5) is 4.27. The molecule has 1 aromatic carbocycles. The average Bonchev–Trinajstić information content (AvgIpc) is 2.75. The van der Waals surface area contributed by atoms with Crippen molar-refractivity contribution in [3.63, 3.8) is 0 Å². The second kappa shape index (κ2) is 4.79. The Morgan fingerprint density at radius 3 is 2.44 bits per heavy atom. The van der Waals surface area contributed by atoms with Gasteiger partial charge in [0.1, 0.15) is 20.2 Å². The number of oxazole rings is 1. The molecule has 0 unspecified atom stereocenters. The molecule has 0 fully saturated rings. The minimum Gasteiger partial charge on any atom is -0.443 e. The van der Waals surface area contributed by atoms with E-state index in [1.54, 1.807) is 12.1 Å². The van der Waals surface area contributed by atoms with Crippen LogP contribution in [0.15, 0.2) is 34.9 Å². The fraction of sp³-hybridized carbons (Fsp3) is 0.214. The third kappa shape index (κ3) is 3.31. The van der Waals surface area contributed by atoms with Gasteiger partial charge in [0.15, 0.2) is 5.69 Å². The molecule has 0 radical (unpaired) electrons. The van der Waals surface area contributed by atoms with E-state index in [1.165, 1.54) is 18.4 Å². The van der Waals surface area contributed by atoms with Crippen LogP contribution in [0.25, 0.3) is 11.5 Å². The largest absolute Gasteiger partial charge is 0.443 e. The Kier molecular flexibility index (Phi) is 3.35. The quantitative estimate of drug-likeness (QED) is 0.576. The summed E-state index contributed by atoms with van der Waals surface area (Å²) in [6.07, 6.45) is 1.53. The Bertz CT molecular complexity index is 599. The van der Waals surface area contributed by atoms with E-state index >= 15 is 0 Å². The van der Waals surface area contributed by atoms with Crippen LogP contribution in [-0.4, -0.2) is 13.1 Å². The number of hydrogen-bond acceptors (Lipinski definition) is 2. The van der Waals surface area contributed by atoms with Gasteiger partial charge in [-0.05, 0) is 24.3 Å². The molecule has 0 N–H and O–H groups in total. The highest BCUT2D eigenvalue weighted by atomic mass is 28.3. The van der Waals surface area contributed by atoms with E-state index in [-0.39, 0.29) is 5.82 Å². The standard InChI is InChI=1S/C14H14FNOSi/c1-18(2,3)9-8-13-10-17-14(16-13)11-4-6-12(15)7-5-11/h4-7,10H,1-3H3. The van der Waals surface area contributed by atoms with Gasteiger partial charge in [0, 0.05) is 5.56 Å². The lowest BCUT2D eigenvalue weighted by atomic mass is 10.2. The maximum Gasteiger partial charge on any atom is 0.227 e. The number of halogens is 1. The smallest absolute Gasteiger partial charge is 0.227 e. The van der Waals surface area contributed by atoms with Gasteiger partial charge >= 0.3 is 0 Å². The fourth-order valence-corrected chi connectivity index (χ4v) is 1.81. The number of aromatic nitrogens is 1. The highest BCUT2D eigenvalue weighted by Crippen LogP contribution is 2.18. The zero-order valence-corrected chi connectivity index (χ0v) is 11.6. The van der Waals surface area contributed by atoms with E-state index in [9.17, 15) is 4.39 Å². The highest BCUT2D eigenvalue weighted by molar-refractivity contribution is 6.83. The molecule has 0 amide bonds. The highest BCUT2D eigenvalue weighted by Gasteiger charge is 2.09. The Labute approximate surface area is 107 Å². The zero-order valence-electron chi connectivity index (χ0n) is 10.6. The van der Waals surface area contributed by atoms with Gasteiger partial charge < -0.3 is 4.42 Å². The SMILES string of the molecule is C[Si](C)(C)C#Cc1coc(-c2ccc(F)cc2)n1. The summed E-state index contributed by atoms with van der Waals surface area (Å²) < 4.78 is 18.1. The van der Waals surface area contributed by atoms with Crippen LogP contribution in [-0.2, 0) is 0 Å². The summed E-state index contributed by atoms with van der Waals surface area (Å²) in [6.45, 7) is 6.50. The van der Waals surface area contributed by atoms with Crippen LogP contribution >= 0.6 is 0 Å². The lowest BCUT2D eigenvalue weighted by molar-refractivity contribution is 0.573. The molecular weight excluding hydrogens is 245 g/mol. The third-order valence-corrected chi connectivity index (χ3v) is 3.04. The van der Waals surface area contributed by atoms with Gasteiger partial charge in [-0.2, -0.15) is 0 Å². The van der Waals surface area contributed by atoms with Crippen molar-refractivity contribution < 1.29 is 8.81 Å². The number of hydrogen-bond donors (Lipinski definition) is 0. The van der Waals surface area contributed by atoms with E-state index in [1.807, 2.05) is 0 Å². The van der Waals surface area contributed by atoms with E-state index in [2.05, 4.69) is 36.1 Å². The molecule has 92 valence electrons. The van der Waals surface area contributed by atoms with Gasteiger partial charge in [-0.25, -0.2) is 9.37 Å². The molecule has 0 aliphatic carbocycles. The number of nitrogens with zero attached hydrogens (tertiary/aromatic N) is 1. The Balaban J connectivity index is 2.25. The predicted octanol–water partition coefficient (Wildman–Crippen LogP) is 3.71. The van der Waals surface area contributed by atoms with Crippen molar-refractivity contribution in [1.82, 2.24) is 4.98 Å². The summed E-state index contributed by atoms with van der Waals surface area (Å²) in [5.41, 5.74) is 4.59. The Morgan fingerprint density at radius 2 is 1.83 bits per heavy atom. The summed E-state index contributed by atoms with van der Waals surface area (Å²) in [6, 6.07) is 6.04. The summed E-state index contributed by atoms with van der Waals surface area (Å²) in [5, 5.41) is 0. The first-order valence-corrected chi connectivity index (χ1v) is 9.19. The maximum atomic E-state index is 12.8. The average molecular weight is 259 g/mol. The van der Waals surface area contributed by atoms with Gasteiger partial charge in [-0.3, -0.25) is 0 Å². The minimum atomic E-state index is -1.41. The molecule has 0 saturated heterocycles. The molecule has 2 nitrogen and oxygen atoms in total. The van der Waals surface area contributed by atoms with Crippen molar-refractivity contribution in [2.75, 3.05) is 0 Å². The van der Waals surface area contributed by atoms with Crippen molar-refractivity contribution in [2.45, 2.75) is 19.6 Å². The van der Waals surface area contributed by atoms with E-state index < -0.39 is 8.07 Å². The van der Waals surface area contributed by atoms with Crippen LogP contribution in [0.1, 0.15) is 5.69 Å². The first-order valence-electron chi connectivity index (χ1n) is 5.69. The van der Waals surface area contributed by atoms with Gasteiger partial charge in [0.2, 0.25) is 5.89 Å². The minimum absolute atomic E-state index is 0.274. The van der Waals surface area contributed by atoms with Crippen LogP contribution in [0.2, 0.25) is 19.6 Å². The second-order valence-corrected chi connectivity index (χ2v) is 9.79. The molecule has 0 atom stereocenters. The first kappa shape index (κ1) is 12.6. The summed E-state index contributed by atoms with van der Waals surface area (Å²) in [5.74, 6) is 3.21. The van der Waals surface area contributed by atoms with E-state index in [4.69, 9.17) is 4.42 Å². The first-order chi connectivity index (χ1) is 8.44. The molecule has 1 heterocycles. The summed E-state index contributed by atoms with van der Waals surface area (Å²) >= 11 is 0. The topological polar surface area (TPSA) is 26.0 Å². The summed E-state index contributed by atoms with van der Waals surface area (Å²) in [7, 11) is -1.41. The van der Waals surface area contributed by atoms with Crippen LogP contribution in [0.5, 0.6) is 0 Å². The van der Waals surface area contributed by atoms with Gasteiger partial charge in [-0.1, -0.05) is 25.6 Å². The molecule has 0 saturated carbocycles. The van der Waals surface area contributed by atoms with E-state index in [0.29, 0.717) is 11.6 Å². The number of rotatable bonds is 1. The Morgan fingerprint density at radius 1 is 1.17 bits per heavy atom. The van der Waals surface area contributed by atoms with Crippen molar-refractivity contribution in [3.05, 3.63) is 42.0 Å². The molecule has 0 spiro atoms. The Hall–Kier alpha value is -1.86. The third-order valence-electron chi connectivity index (χ3n) is 2.16. The van der Waals surface area contributed by atoms with Crippen molar-refractivity contribution in [2.24, 2.45) is 0 Å². The van der Waals surface area contributed by atoms with Crippen molar-refractivity contribution >= 4 is 8.07 Å². The lowest BCUT2D eigenvalue weighted by Crippen LogP contribution is -2.16. The molecule has 0 aliphatic rings. The fourth-order valence-electron chi connectivity index (χ4n) is 1.31. The molecule has 2 rings (SSSR count). The lowest BCUT2D eigenvalue weighted by Gasteiger charge is -2.02. The zero-order chi connectivity index (χ0) is 13.2. The van der Waals surface area contributed by atoms with Gasteiger partial charge in [0.25, 0.3) is 0 Å². The molecule has 18 heavy (non-hydrogen) atoms. The van der Waals surface area contributed by atoms with Gasteiger partial charge in [0.05, 0.1) is 0 Å². The molecule has 4 heteroatoms. The normalized spacial score (nSPS) is 10.9. The van der Waals surface area contributed by atoms with Crippen molar-refractivity contribution in [1.29, 1.82) is 0 Å². The molecule has 1 aromatic heterocycles. The second-order valence-electron chi connectivity index (χ2n) is 5.04. The van der Waals surface area contributed by atoms with Crippen LogP contribution in [0, 0.1) is 17.3 Å². The predicted molar refractivity (Wildman–Crippen MR) is 72.1 cm³/mol. The van der Waals surface area contributed by atoms with Crippen LogP contribution < -0.4 is 0 Å². The van der Waals surface area contributed by atoms with Crippen molar-refractivity contribution in [3.8, 4) is 22.9 Å². The number of benzene rings is 1. The monoisotopic (exact) mass is 259 g/mol. The van der Waals surface area contributed by atoms with Gasteiger partial charge in [-0.15, -0.1) is 5.54 Å². The van der Waals surface area contributed by atoms with Crippen LogP contribution in [0.4, 0.5) is 4.39 Å². The van der Waals surface area contributed by atoms with Crippen LogP contribution in [0.3, 0.4) is 0 Å². The molecule has 2 aromatic rings. The molecular formula is C14H14FNOSi.